The van der Waals surface area contributed by atoms with Crippen LogP contribution in [0.15, 0.2) is 12.1 Å². The fourth-order valence-corrected chi connectivity index (χ4v) is 2.51. The zero-order valence-electron chi connectivity index (χ0n) is 11.2. The molecule has 1 N–H and O–H groups in total. The van der Waals surface area contributed by atoms with E-state index in [2.05, 4.69) is 17.3 Å². The van der Waals surface area contributed by atoms with E-state index >= 15 is 0 Å². The Morgan fingerprint density at radius 3 is 2.95 bits per heavy atom. The van der Waals surface area contributed by atoms with Gasteiger partial charge in [-0.3, -0.25) is 0 Å². The molecular formula is C14H20ClN3O. The van der Waals surface area contributed by atoms with Gasteiger partial charge in [0.05, 0.1) is 23.4 Å². The number of nitrogens with zero attached hydrogens (tertiary/aromatic N) is 2. The summed E-state index contributed by atoms with van der Waals surface area (Å²) >= 11 is 6.22. The molecule has 1 aliphatic carbocycles. The lowest BCUT2D eigenvalue weighted by atomic mass is 10.2. The molecule has 3 rings (SSSR count). The van der Waals surface area contributed by atoms with Crippen molar-refractivity contribution >= 4 is 17.4 Å². The number of ether oxygens (including phenoxy) is 1. The molecule has 0 amide bonds. The monoisotopic (exact) mass is 281 g/mol. The van der Waals surface area contributed by atoms with Gasteiger partial charge in [-0.25, -0.2) is 4.98 Å². The number of aromatic nitrogens is 1. The Morgan fingerprint density at radius 2 is 2.26 bits per heavy atom. The third-order valence-electron chi connectivity index (χ3n) is 3.85. The number of halogens is 1. The van der Waals surface area contributed by atoms with Gasteiger partial charge in [0.2, 0.25) is 0 Å². The standard InChI is InChI=1S/C14H20ClN3O/c1-18(11-6-7-19-9-11)14-5-4-12(15)13(17-14)8-16-10-2-3-10/h4-5,10-11,16H,2-3,6-9H2,1H3. The van der Waals surface area contributed by atoms with Gasteiger partial charge >= 0.3 is 0 Å². The molecule has 104 valence electrons. The molecular weight excluding hydrogens is 262 g/mol. The Bertz CT molecular complexity index is 444. The Hall–Kier alpha value is -0.840. The van der Waals surface area contributed by atoms with E-state index in [0.29, 0.717) is 12.1 Å². The molecule has 0 spiro atoms. The predicted molar refractivity (Wildman–Crippen MR) is 76.7 cm³/mol. The molecule has 1 aromatic rings. The van der Waals surface area contributed by atoms with Crippen LogP contribution in [0.4, 0.5) is 5.82 Å². The summed E-state index contributed by atoms with van der Waals surface area (Å²) in [6, 6.07) is 5.03. The van der Waals surface area contributed by atoms with Crippen LogP contribution >= 0.6 is 11.6 Å². The topological polar surface area (TPSA) is 37.4 Å². The van der Waals surface area contributed by atoms with Crippen molar-refractivity contribution in [3.8, 4) is 0 Å². The minimum absolute atomic E-state index is 0.429. The molecule has 2 heterocycles. The molecule has 0 bridgehead atoms. The zero-order chi connectivity index (χ0) is 13.2. The van der Waals surface area contributed by atoms with Gasteiger partial charge in [0.25, 0.3) is 0 Å². The van der Waals surface area contributed by atoms with E-state index in [1.54, 1.807) is 0 Å². The molecule has 0 aromatic carbocycles. The van der Waals surface area contributed by atoms with Crippen LogP contribution in [0.2, 0.25) is 5.02 Å². The van der Waals surface area contributed by atoms with E-state index in [1.165, 1.54) is 12.8 Å². The van der Waals surface area contributed by atoms with Gasteiger partial charge in [-0.15, -0.1) is 0 Å². The number of pyridine rings is 1. The summed E-state index contributed by atoms with van der Waals surface area (Å²) in [5, 5.41) is 4.20. The van der Waals surface area contributed by atoms with Crippen molar-refractivity contribution in [2.75, 3.05) is 25.2 Å². The van der Waals surface area contributed by atoms with E-state index in [9.17, 15) is 0 Å². The zero-order valence-corrected chi connectivity index (χ0v) is 12.0. The normalized spacial score (nSPS) is 22.7. The second kappa shape index (κ2) is 5.65. The summed E-state index contributed by atoms with van der Waals surface area (Å²) < 4.78 is 5.43. The number of hydrogen-bond donors (Lipinski definition) is 1. The smallest absolute Gasteiger partial charge is 0.129 e. The van der Waals surface area contributed by atoms with Crippen LogP contribution in [0.3, 0.4) is 0 Å². The van der Waals surface area contributed by atoms with Gasteiger partial charge in [-0.05, 0) is 31.4 Å². The highest BCUT2D eigenvalue weighted by molar-refractivity contribution is 6.31. The lowest BCUT2D eigenvalue weighted by Crippen LogP contribution is -2.32. The molecule has 2 aliphatic rings. The molecule has 5 heteroatoms. The summed E-state index contributed by atoms with van der Waals surface area (Å²) in [6.07, 6.45) is 3.61. The first-order chi connectivity index (χ1) is 9.24. The average Bonchev–Trinajstić information content (AvgIpc) is 3.09. The largest absolute Gasteiger partial charge is 0.379 e. The van der Waals surface area contributed by atoms with E-state index in [4.69, 9.17) is 21.3 Å². The maximum atomic E-state index is 6.22. The number of rotatable bonds is 5. The van der Waals surface area contributed by atoms with Crippen molar-refractivity contribution in [1.29, 1.82) is 0 Å². The predicted octanol–water partition coefficient (Wildman–Crippen LogP) is 2.21. The quantitative estimate of drug-likeness (QED) is 0.898. The van der Waals surface area contributed by atoms with Crippen molar-refractivity contribution in [2.24, 2.45) is 0 Å². The first kappa shape index (κ1) is 13.2. The average molecular weight is 282 g/mol. The SMILES string of the molecule is CN(c1ccc(Cl)c(CNC2CC2)n1)C1CCOC1. The van der Waals surface area contributed by atoms with Crippen LogP contribution < -0.4 is 10.2 Å². The Kier molecular flexibility index (Phi) is 3.91. The highest BCUT2D eigenvalue weighted by Gasteiger charge is 2.23. The van der Waals surface area contributed by atoms with Gasteiger partial charge in [0.1, 0.15) is 5.82 Å². The number of hydrogen-bond acceptors (Lipinski definition) is 4. The highest BCUT2D eigenvalue weighted by atomic mass is 35.5. The second-order valence-electron chi connectivity index (χ2n) is 5.38. The first-order valence-corrected chi connectivity index (χ1v) is 7.31. The minimum atomic E-state index is 0.429. The van der Waals surface area contributed by atoms with Crippen molar-refractivity contribution in [3.05, 3.63) is 22.8 Å². The molecule has 1 atom stereocenters. The molecule has 1 unspecified atom stereocenters. The Labute approximate surface area is 119 Å². The van der Waals surface area contributed by atoms with Crippen LogP contribution in [0.1, 0.15) is 25.0 Å². The summed E-state index contributed by atoms with van der Waals surface area (Å²) in [5.74, 6) is 0.979. The van der Waals surface area contributed by atoms with Crippen molar-refractivity contribution in [2.45, 2.75) is 37.9 Å². The minimum Gasteiger partial charge on any atom is -0.379 e. The van der Waals surface area contributed by atoms with E-state index in [1.807, 2.05) is 12.1 Å². The molecule has 4 nitrogen and oxygen atoms in total. The van der Waals surface area contributed by atoms with Crippen LogP contribution in [-0.4, -0.2) is 37.3 Å². The molecule has 1 aliphatic heterocycles. The van der Waals surface area contributed by atoms with Crippen LogP contribution in [0.25, 0.3) is 0 Å². The van der Waals surface area contributed by atoms with Gasteiger partial charge in [0, 0.05) is 26.2 Å². The van der Waals surface area contributed by atoms with E-state index in [0.717, 1.165) is 42.7 Å². The van der Waals surface area contributed by atoms with Crippen LogP contribution in [-0.2, 0) is 11.3 Å². The summed E-state index contributed by atoms with van der Waals surface area (Å²) in [6.45, 7) is 2.39. The number of nitrogens with one attached hydrogen (secondary N) is 1. The Balaban J connectivity index is 1.71. The molecule has 19 heavy (non-hydrogen) atoms. The van der Waals surface area contributed by atoms with Gasteiger partial charge in [-0.1, -0.05) is 11.6 Å². The van der Waals surface area contributed by atoms with Gasteiger partial charge in [0.15, 0.2) is 0 Å². The summed E-state index contributed by atoms with van der Waals surface area (Å²) in [5.41, 5.74) is 0.942. The third-order valence-corrected chi connectivity index (χ3v) is 4.20. The fraction of sp³-hybridized carbons (Fsp3) is 0.643. The van der Waals surface area contributed by atoms with Crippen molar-refractivity contribution < 1.29 is 4.74 Å². The van der Waals surface area contributed by atoms with Crippen LogP contribution in [0.5, 0.6) is 0 Å². The van der Waals surface area contributed by atoms with E-state index in [-0.39, 0.29) is 0 Å². The number of anilines is 1. The maximum absolute atomic E-state index is 6.22. The maximum Gasteiger partial charge on any atom is 0.129 e. The lowest BCUT2D eigenvalue weighted by molar-refractivity contribution is 0.193. The number of likely N-dealkylation sites (N-methyl/N-ethyl adjacent to an activating group) is 1. The molecule has 1 saturated heterocycles. The molecule has 0 radical (unpaired) electrons. The second-order valence-corrected chi connectivity index (χ2v) is 5.79. The third kappa shape index (κ3) is 3.19. The highest BCUT2D eigenvalue weighted by Crippen LogP contribution is 2.24. The van der Waals surface area contributed by atoms with Gasteiger partial charge < -0.3 is 15.0 Å². The summed E-state index contributed by atoms with van der Waals surface area (Å²) in [4.78, 5) is 6.89. The Morgan fingerprint density at radius 1 is 1.42 bits per heavy atom. The molecule has 1 aromatic heterocycles. The van der Waals surface area contributed by atoms with Crippen LogP contribution in [0, 0.1) is 0 Å². The lowest BCUT2D eigenvalue weighted by Gasteiger charge is -2.24. The molecule has 1 saturated carbocycles. The molecule has 2 fully saturated rings. The van der Waals surface area contributed by atoms with Crippen molar-refractivity contribution in [1.82, 2.24) is 10.3 Å². The first-order valence-electron chi connectivity index (χ1n) is 6.93. The summed E-state index contributed by atoms with van der Waals surface area (Å²) in [7, 11) is 2.08. The fourth-order valence-electron chi connectivity index (χ4n) is 2.34. The van der Waals surface area contributed by atoms with Crippen molar-refractivity contribution in [3.63, 3.8) is 0 Å². The van der Waals surface area contributed by atoms with E-state index < -0.39 is 0 Å². The van der Waals surface area contributed by atoms with Gasteiger partial charge in [-0.2, -0.15) is 0 Å².